The van der Waals surface area contributed by atoms with Crippen LogP contribution in [0, 0.1) is 0 Å². The van der Waals surface area contributed by atoms with Gasteiger partial charge in [-0.3, -0.25) is 4.79 Å². The molecule has 3 N–H and O–H groups in total. The summed E-state index contributed by atoms with van der Waals surface area (Å²) < 4.78 is 0. The van der Waals surface area contributed by atoms with Crippen LogP contribution in [0.4, 0.5) is 0 Å². The van der Waals surface area contributed by atoms with Crippen molar-refractivity contribution in [1.29, 1.82) is 0 Å². The molecule has 0 aromatic rings. The van der Waals surface area contributed by atoms with Crippen molar-refractivity contribution in [3.05, 3.63) is 0 Å². The molecule has 0 bridgehead atoms. The standard InChI is InChI=1S/C13H25N3O2/c1-15(8-9-16-6-2-3-7-16)11-4-5-13(14,10-11)12(17)18/h11H,2-10,14H2,1H3,(H,17,18). The smallest absolute Gasteiger partial charge is 0.323 e. The van der Waals surface area contributed by atoms with Crippen molar-refractivity contribution in [2.24, 2.45) is 5.73 Å². The van der Waals surface area contributed by atoms with E-state index in [-0.39, 0.29) is 0 Å². The fourth-order valence-corrected chi connectivity index (χ4v) is 3.11. The maximum absolute atomic E-state index is 11.1. The van der Waals surface area contributed by atoms with E-state index in [2.05, 4.69) is 16.8 Å². The summed E-state index contributed by atoms with van der Waals surface area (Å²) in [4.78, 5) is 15.9. The van der Waals surface area contributed by atoms with Gasteiger partial charge in [-0.1, -0.05) is 0 Å². The monoisotopic (exact) mass is 255 g/mol. The van der Waals surface area contributed by atoms with Gasteiger partial charge in [-0.15, -0.1) is 0 Å². The molecule has 1 aliphatic heterocycles. The van der Waals surface area contributed by atoms with Crippen molar-refractivity contribution < 1.29 is 9.90 Å². The maximum Gasteiger partial charge on any atom is 0.323 e. The summed E-state index contributed by atoms with van der Waals surface area (Å²) in [6.07, 6.45) is 4.72. The Kier molecular flexibility index (Phi) is 4.25. The van der Waals surface area contributed by atoms with Crippen molar-refractivity contribution >= 4 is 5.97 Å². The van der Waals surface area contributed by atoms with Gasteiger partial charge >= 0.3 is 5.97 Å². The SMILES string of the molecule is CN(CCN1CCCC1)C1CCC(N)(C(=O)O)C1. The highest BCUT2D eigenvalue weighted by molar-refractivity contribution is 5.79. The van der Waals surface area contributed by atoms with Gasteiger partial charge in [-0.05, 0) is 52.2 Å². The molecule has 0 amide bonds. The molecule has 2 atom stereocenters. The lowest BCUT2D eigenvalue weighted by Gasteiger charge is -2.27. The summed E-state index contributed by atoms with van der Waals surface area (Å²) in [7, 11) is 2.09. The van der Waals surface area contributed by atoms with E-state index in [0.29, 0.717) is 18.9 Å². The van der Waals surface area contributed by atoms with Crippen LogP contribution in [0.1, 0.15) is 32.1 Å². The largest absolute Gasteiger partial charge is 0.480 e. The van der Waals surface area contributed by atoms with Gasteiger partial charge in [-0.25, -0.2) is 0 Å². The Morgan fingerprint density at radius 2 is 2.17 bits per heavy atom. The molecule has 0 spiro atoms. The first-order valence-electron chi connectivity index (χ1n) is 6.96. The van der Waals surface area contributed by atoms with Gasteiger partial charge in [-0.2, -0.15) is 0 Å². The van der Waals surface area contributed by atoms with E-state index in [4.69, 9.17) is 10.8 Å². The average molecular weight is 255 g/mol. The number of carboxylic acids is 1. The number of nitrogens with zero attached hydrogens (tertiary/aromatic N) is 2. The molecule has 1 aliphatic carbocycles. The van der Waals surface area contributed by atoms with Gasteiger partial charge in [0.15, 0.2) is 0 Å². The maximum atomic E-state index is 11.1. The number of likely N-dealkylation sites (tertiary alicyclic amines) is 1. The van der Waals surface area contributed by atoms with Crippen LogP contribution >= 0.6 is 0 Å². The molecule has 2 fully saturated rings. The minimum absolute atomic E-state index is 0.328. The summed E-state index contributed by atoms with van der Waals surface area (Å²) >= 11 is 0. The molecule has 0 aromatic heterocycles. The zero-order valence-corrected chi connectivity index (χ0v) is 11.3. The Balaban J connectivity index is 1.76. The van der Waals surface area contributed by atoms with Crippen molar-refractivity contribution in [3.63, 3.8) is 0 Å². The van der Waals surface area contributed by atoms with Crippen molar-refractivity contribution in [3.8, 4) is 0 Å². The topological polar surface area (TPSA) is 69.8 Å². The molecular weight excluding hydrogens is 230 g/mol. The minimum Gasteiger partial charge on any atom is -0.480 e. The zero-order valence-electron chi connectivity index (χ0n) is 11.3. The number of likely N-dealkylation sites (N-methyl/N-ethyl adjacent to an activating group) is 1. The van der Waals surface area contributed by atoms with E-state index in [0.717, 1.165) is 19.5 Å². The lowest BCUT2D eigenvalue weighted by molar-refractivity contribution is -0.143. The first kappa shape index (κ1) is 13.8. The number of hydrogen-bond donors (Lipinski definition) is 2. The molecule has 104 valence electrons. The van der Waals surface area contributed by atoms with Gasteiger partial charge in [0.1, 0.15) is 5.54 Å². The number of rotatable bonds is 5. The Morgan fingerprint density at radius 3 is 2.72 bits per heavy atom. The molecule has 5 heteroatoms. The Morgan fingerprint density at radius 1 is 1.50 bits per heavy atom. The van der Waals surface area contributed by atoms with E-state index < -0.39 is 11.5 Å². The van der Waals surface area contributed by atoms with Crippen molar-refractivity contribution in [2.75, 3.05) is 33.2 Å². The van der Waals surface area contributed by atoms with E-state index >= 15 is 0 Å². The summed E-state index contributed by atoms with van der Waals surface area (Å²) in [5, 5.41) is 9.12. The van der Waals surface area contributed by atoms with Crippen molar-refractivity contribution in [2.45, 2.75) is 43.7 Å². The Hall–Kier alpha value is -0.650. The molecule has 1 saturated heterocycles. The fraction of sp³-hybridized carbons (Fsp3) is 0.923. The predicted octanol–water partition coefficient (Wildman–Crippen LogP) is 0.349. The van der Waals surface area contributed by atoms with Crippen LogP contribution in [-0.4, -0.2) is 65.7 Å². The lowest BCUT2D eigenvalue weighted by Crippen LogP contribution is -2.47. The van der Waals surface area contributed by atoms with E-state index in [1.807, 2.05) is 0 Å². The molecular formula is C13H25N3O2. The van der Waals surface area contributed by atoms with Crippen LogP contribution < -0.4 is 5.73 Å². The van der Waals surface area contributed by atoms with Gasteiger partial charge in [0.05, 0.1) is 0 Å². The van der Waals surface area contributed by atoms with Crippen LogP contribution in [0.3, 0.4) is 0 Å². The highest BCUT2D eigenvalue weighted by atomic mass is 16.4. The summed E-state index contributed by atoms with van der Waals surface area (Å²) in [5.74, 6) is -0.849. The van der Waals surface area contributed by atoms with E-state index in [1.54, 1.807) is 0 Å². The third-order valence-corrected chi connectivity index (χ3v) is 4.54. The van der Waals surface area contributed by atoms with E-state index in [9.17, 15) is 4.79 Å². The predicted molar refractivity (Wildman–Crippen MR) is 70.5 cm³/mol. The molecule has 0 radical (unpaired) electrons. The lowest BCUT2D eigenvalue weighted by atomic mass is 9.99. The number of carbonyl (C=O) groups is 1. The first-order valence-corrected chi connectivity index (χ1v) is 6.96. The third-order valence-electron chi connectivity index (χ3n) is 4.54. The number of aliphatic carboxylic acids is 1. The van der Waals surface area contributed by atoms with Gasteiger partial charge in [0.2, 0.25) is 0 Å². The Labute approximate surface area is 109 Å². The molecule has 2 unspecified atom stereocenters. The summed E-state index contributed by atoms with van der Waals surface area (Å²) in [6.45, 7) is 4.54. The van der Waals surface area contributed by atoms with Crippen LogP contribution in [0.15, 0.2) is 0 Å². The number of carboxylic acid groups (broad SMARTS) is 1. The summed E-state index contributed by atoms with van der Waals surface area (Å²) in [5.41, 5.74) is 4.92. The van der Waals surface area contributed by atoms with Gasteiger partial charge in [0, 0.05) is 19.1 Å². The van der Waals surface area contributed by atoms with Crippen molar-refractivity contribution in [1.82, 2.24) is 9.80 Å². The molecule has 0 aromatic carbocycles. The molecule has 1 saturated carbocycles. The number of hydrogen-bond acceptors (Lipinski definition) is 4. The first-order chi connectivity index (χ1) is 8.51. The second-order valence-corrected chi connectivity index (χ2v) is 5.89. The average Bonchev–Trinajstić information content (AvgIpc) is 2.95. The third kappa shape index (κ3) is 3.02. The van der Waals surface area contributed by atoms with Gasteiger partial charge in [0.25, 0.3) is 0 Å². The second-order valence-electron chi connectivity index (χ2n) is 5.89. The minimum atomic E-state index is -0.993. The van der Waals surface area contributed by atoms with Crippen LogP contribution in [-0.2, 0) is 4.79 Å². The van der Waals surface area contributed by atoms with Crippen LogP contribution in [0.5, 0.6) is 0 Å². The Bertz CT molecular complexity index is 305. The van der Waals surface area contributed by atoms with Crippen LogP contribution in [0.25, 0.3) is 0 Å². The second kappa shape index (κ2) is 5.55. The molecule has 2 rings (SSSR count). The van der Waals surface area contributed by atoms with Gasteiger partial charge < -0.3 is 20.6 Å². The number of nitrogens with two attached hydrogens (primary N) is 1. The normalized spacial score (nSPS) is 33.4. The highest BCUT2D eigenvalue weighted by Gasteiger charge is 2.43. The van der Waals surface area contributed by atoms with E-state index in [1.165, 1.54) is 25.9 Å². The quantitative estimate of drug-likeness (QED) is 0.742. The fourth-order valence-electron chi connectivity index (χ4n) is 3.11. The molecule has 1 heterocycles. The highest BCUT2D eigenvalue weighted by Crippen LogP contribution is 2.30. The molecule has 2 aliphatic rings. The molecule has 18 heavy (non-hydrogen) atoms. The summed E-state index contributed by atoms with van der Waals surface area (Å²) in [6, 6.07) is 0.328. The zero-order chi connectivity index (χ0) is 13.2. The molecule has 5 nitrogen and oxygen atoms in total. The van der Waals surface area contributed by atoms with Crippen LogP contribution in [0.2, 0.25) is 0 Å².